The average molecular weight is 273 g/mol. The summed E-state index contributed by atoms with van der Waals surface area (Å²) in [7, 11) is 0. The number of amides is 1. The molecule has 0 fully saturated rings. The summed E-state index contributed by atoms with van der Waals surface area (Å²) in [5.41, 5.74) is 3.44. The molecule has 0 radical (unpaired) electrons. The Labute approximate surface area is 118 Å². The minimum atomic E-state index is -0.157. The first kappa shape index (κ1) is 14.3. The summed E-state index contributed by atoms with van der Waals surface area (Å²) < 4.78 is 1.77. The molecule has 1 aromatic carbocycles. The molecule has 0 aliphatic rings. The van der Waals surface area contributed by atoms with Gasteiger partial charge in [0, 0.05) is 13.2 Å². The molecule has 1 heterocycles. The van der Waals surface area contributed by atoms with Crippen LogP contribution in [-0.4, -0.2) is 33.9 Å². The van der Waals surface area contributed by atoms with Crippen molar-refractivity contribution in [1.82, 2.24) is 15.1 Å². The van der Waals surface area contributed by atoms with E-state index in [-0.39, 0.29) is 12.5 Å². The largest absolute Gasteiger partial charge is 0.396 e. The Hall–Kier alpha value is -2.14. The molecule has 2 rings (SSSR count). The molecule has 0 spiro atoms. The first-order valence-electron chi connectivity index (χ1n) is 6.65. The Bertz CT molecular complexity index is 605. The molecular weight excluding hydrogens is 254 g/mol. The van der Waals surface area contributed by atoms with Crippen molar-refractivity contribution in [1.29, 1.82) is 0 Å². The highest BCUT2D eigenvalue weighted by molar-refractivity contribution is 5.95. The first-order chi connectivity index (χ1) is 9.65. The summed E-state index contributed by atoms with van der Waals surface area (Å²) in [6, 6.07) is 7.91. The number of nitrogens with one attached hydrogen (secondary N) is 1. The summed E-state index contributed by atoms with van der Waals surface area (Å²) in [6.45, 7) is 4.42. The van der Waals surface area contributed by atoms with Gasteiger partial charge in [-0.05, 0) is 31.9 Å². The van der Waals surface area contributed by atoms with Gasteiger partial charge in [-0.1, -0.05) is 18.2 Å². The molecule has 0 saturated heterocycles. The number of aromatic nitrogens is 2. The monoisotopic (exact) mass is 273 g/mol. The number of hydrogen-bond donors (Lipinski definition) is 2. The van der Waals surface area contributed by atoms with Gasteiger partial charge in [-0.3, -0.25) is 4.79 Å². The number of carbonyl (C=O) groups is 1. The van der Waals surface area contributed by atoms with E-state index in [4.69, 9.17) is 5.11 Å². The minimum Gasteiger partial charge on any atom is -0.396 e. The molecule has 2 aromatic rings. The van der Waals surface area contributed by atoms with Crippen LogP contribution in [0.2, 0.25) is 0 Å². The van der Waals surface area contributed by atoms with Gasteiger partial charge in [0.15, 0.2) is 0 Å². The van der Waals surface area contributed by atoms with Crippen molar-refractivity contribution in [2.75, 3.05) is 13.2 Å². The third-order valence-electron chi connectivity index (χ3n) is 3.22. The van der Waals surface area contributed by atoms with Crippen molar-refractivity contribution in [2.24, 2.45) is 0 Å². The van der Waals surface area contributed by atoms with Gasteiger partial charge in [-0.25, -0.2) is 4.68 Å². The zero-order chi connectivity index (χ0) is 14.5. The number of carbonyl (C=O) groups excluding carboxylic acids is 1. The van der Waals surface area contributed by atoms with Gasteiger partial charge in [0.25, 0.3) is 5.91 Å². The van der Waals surface area contributed by atoms with Crippen LogP contribution in [0, 0.1) is 13.8 Å². The van der Waals surface area contributed by atoms with Gasteiger partial charge < -0.3 is 10.4 Å². The van der Waals surface area contributed by atoms with Crippen molar-refractivity contribution < 1.29 is 9.90 Å². The van der Waals surface area contributed by atoms with Crippen molar-refractivity contribution in [3.8, 4) is 5.69 Å². The summed E-state index contributed by atoms with van der Waals surface area (Å²) in [6.07, 6.45) is 2.13. The van der Waals surface area contributed by atoms with Crippen LogP contribution in [0.25, 0.3) is 5.69 Å². The molecule has 5 nitrogen and oxygen atoms in total. The van der Waals surface area contributed by atoms with Crippen LogP contribution in [0.5, 0.6) is 0 Å². The van der Waals surface area contributed by atoms with E-state index < -0.39 is 0 Å². The number of nitrogens with zero attached hydrogens (tertiary/aromatic N) is 2. The standard InChI is InChI=1S/C15H19N3O2/c1-11-6-3-4-7-14(11)18-12(2)13(10-17-18)15(20)16-8-5-9-19/h3-4,6-7,10,19H,5,8-9H2,1-2H3,(H,16,20). The maximum Gasteiger partial charge on any atom is 0.254 e. The lowest BCUT2D eigenvalue weighted by molar-refractivity contribution is 0.0950. The lowest BCUT2D eigenvalue weighted by Crippen LogP contribution is -2.25. The van der Waals surface area contributed by atoms with Crippen molar-refractivity contribution in [3.05, 3.63) is 47.3 Å². The second kappa shape index (κ2) is 6.34. The van der Waals surface area contributed by atoms with Gasteiger partial charge >= 0.3 is 0 Å². The predicted octanol–water partition coefficient (Wildman–Crippen LogP) is 1.60. The second-order valence-electron chi connectivity index (χ2n) is 4.68. The van der Waals surface area contributed by atoms with Crippen LogP contribution in [0.3, 0.4) is 0 Å². The van der Waals surface area contributed by atoms with Crippen LogP contribution in [0.1, 0.15) is 28.0 Å². The molecule has 0 aliphatic carbocycles. The topological polar surface area (TPSA) is 67.2 Å². The van der Waals surface area contributed by atoms with E-state index in [1.165, 1.54) is 0 Å². The Balaban J connectivity index is 2.23. The fourth-order valence-electron chi connectivity index (χ4n) is 2.05. The van der Waals surface area contributed by atoms with Crippen molar-refractivity contribution >= 4 is 5.91 Å². The third-order valence-corrected chi connectivity index (χ3v) is 3.22. The van der Waals surface area contributed by atoms with Crippen LogP contribution in [-0.2, 0) is 0 Å². The predicted molar refractivity (Wildman–Crippen MR) is 77.1 cm³/mol. The number of para-hydroxylation sites is 1. The fraction of sp³-hybridized carbons (Fsp3) is 0.333. The average Bonchev–Trinajstić information content (AvgIpc) is 2.81. The smallest absolute Gasteiger partial charge is 0.254 e. The van der Waals surface area contributed by atoms with Gasteiger partial charge in [0.2, 0.25) is 0 Å². The summed E-state index contributed by atoms with van der Waals surface area (Å²) in [4.78, 5) is 12.0. The maximum absolute atomic E-state index is 12.0. The molecule has 0 saturated carbocycles. The molecule has 1 amide bonds. The number of aliphatic hydroxyl groups is 1. The number of benzene rings is 1. The van der Waals surface area contributed by atoms with Gasteiger partial charge in [-0.2, -0.15) is 5.10 Å². The SMILES string of the molecule is Cc1ccccc1-n1ncc(C(=O)NCCCO)c1C. The molecule has 2 N–H and O–H groups in total. The molecule has 0 unspecified atom stereocenters. The zero-order valence-corrected chi connectivity index (χ0v) is 11.8. The quantitative estimate of drug-likeness (QED) is 0.813. The molecule has 106 valence electrons. The number of hydrogen-bond acceptors (Lipinski definition) is 3. The highest BCUT2D eigenvalue weighted by Gasteiger charge is 2.15. The lowest BCUT2D eigenvalue weighted by atomic mass is 10.2. The molecular formula is C15H19N3O2. The zero-order valence-electron chi connectivity index (χ0n) is 11.8. The molecule has 5 heteroatoms. The number of aliphatic hydroxyl groups excluding tert-OH is 1. The minimum absolute atomic E-state index is 0.0712. The van der Waals surface area contributed by atoms with E-state index >= 15 is 0 Å². The van der Waals surface area contributed by atoms with Crippen molar-refractivity contribution in [2.45, 2.75) is 20.3 Å². The Morgan fingerprint density at radius 1 is 1.35 bits per heavy atom. The van der Waals surface area contributed by atoms with E-state index in [9.17, 15) is 4.79 Å². The van der Waals surface area contributed by atoms with Gasteiger partial charge in [0.1, 0.15) is 0 Å². The lowest BCUT2D eigenvalue weighted by Gasteiger charge is -2.08. The van der Waals surface area contributed by atoms with Crippen LogP contribution >= 0.6 is 0 Å². The van der Waals surface area contributed by atoms with Crippen molar-refractivity contribution in [3.63, 3.8) is 0 Å². The van der Waals surface area contributed by atoms with E-state index in [2.05, 4.69) is 10.4 Å². The van der Waals surface area contributed by atoms with E-state index in [0.717, 1.165) is 16.9 Å². The number of rotatable bonds is 5. The van der Waals surface area contributed by atoms with Crippen LogP contribution in [0.15, 0.2) is 30.5 Å². The van der Waals surface area contributed by atoms with Gasteiger partial charge in [0.05, 0.1) is 23.1 Å². The molecule has 20 heavy (non-hydrogen) atoms. The third kappa shape index (κ3) is 2.88. The Morgan fingerprint density at radius 3 is 2.80 bits per heavy atom. The molecule has 0 bridgehead atoms. The molecule has 0 atom stereocenters. The highest BCUT2D eigenvalue weighted by atomic mass is 16.3. The number of aryl methyl sites for hydroxylation is 1. The van der Waals surface area contributed by atoms with E-state index in [0.29, 0.717) is 18.5 Å². The molecule has 0 aliphatic heterocycles. The normalized spacial score (nSPS) is 10.6. The van der Waals surface area contributed by atoms with Crippen LogP contribution < -0.4 is 5.32 Å². The summed E-state index contributed by atoms with van der Waals surface area (Å²) >= 11 is 0. The van der Waals surface area contributed by atoms with Crippen LogP contribution in [0.4, 0.5) is 0 Å². The van der Waals surface area contributed by atoms with Gasteiger partial charge in [-0.15, -0.1) is 0 Å². The second-order valence-corrected chi connectivity index (χ2v) is 4.68. The maximum atomic E-state index is 12.0. The van der Waals surface area contributed by atoms with E-state index in [1.807, 2.05) is 38.1 Å². The fourth-order valence-corrected chi connectivity index (χ4v) is 2.05. The molecule has 1 aromatic heterocycles. The Morgan fingerprint density at radius 2 is 2.10 bits per heavy atom. The first-order valence-corrected chi connectivity index (χ1v) is 6.65. The Kier molecular flexibility index (Phi) is 4.53. The summed E-state index contributed by atoms with van der Waals surface area (Å²) in [5.74, 6) is -0.157. The van der Waals surface area contributed by atoms with E-state index in [1.54, 1.807) is 10.9 Å². The summed E-state index contributed by atoms with van der Waals surface area (Å²) in [5, 5.41) is 15.8. The highest BCUT2D eigenvalue weighted by Crippen LogP contribution is 2.17.